The van der Waals surface area contributed by atoms with Crippen molar-refractivity contribution in [1.29, 1.82) is 0 Å². The number of benzene rings is 2. The Kier molecular flexibility index (Phi) is 3.65. The van der Waals surface area contributed by atoms with Crippen molar-refractivity contribution in [1.82, 2.24) is 9.88 Å². The fourth-order valence-electron chi connectivity index (χ4n) is 5.41. The van der Waals surface area contributed by atoms with E-state index in [0.29, 0.717) is 13.0 Å². The summed E-state index contributed by atoms with van der Waals surface area (Å²) in [5, 5.41) is 13.3. The van der Waals surface area contributed by atoms with E-state index in [9.17, 15) is 5.11 Å². The molecule has 1 fully saturated rings. The summed E-state index contributed by atoms with van der Waals surface area (Å²) in [5.41, 5.74) is 3.79. The largest absolute Gasteiger partial charge is 0.497 e. The Hall–Kier alpha value is -2.30. The number of rotatable bonds is 2. The highest BCUT2D eigenvalue weighted by Crippen LogP contribution is 2.51. The fourth-order valence-corrected chi connectivity index (χ4v) is 5.41. The first-order valence-electron chi connectivity index (χ1n) is 9.69. The van der Waals surface area contributed by atoms with Gasteiger partial charge in [0, 0.05) is 41.4 Å². The lowest BCUT2D eigenvalue weighted by Crippen LogP contribution is -2.65. The first kappa shape index (κ1) is 16.8. The van der Waals surface area contributed by atoms with Crippen LogP contribution in [0.5, 0.6) is 5.75 Å². The van der Waals surface area contributed by atoms with Gasteiger partial charge < -0.3 is 19.7 Å². The summed E-state index contributed by atoms with van der Waals surface area (Å²) in [6.45, 7) is 1.66. The number of aliphatic hydroxyl groups is 1. The van der Waals surface area contributed by atoms with Gasteiger partial charge in [-0.2, -0.15) is 0 Å². The summed E-state index contributed by atoms with van der Waals surface area (Å²) in [7, 11) is 3.81. The summed E-state index contributed by atoms with van der Waals surface area (Å²) < 4.78 is 5.49. The quantitative estimate of drug-likeness (QED) is 0.736. The number of likely N-dealkylation sites (N-methyl/N-ethyl adjacent to an activating group) is 1. The molecule has 0 amide bonds. The molecule has 2 aliphatic rings. The molecule has 27 heavy (non-hydrogen) atoms. The van der Waals surface area contributed by atoms with Gasteiger partial charge in [0.2, 0.25) is 0 Å². The number of aromatic amines is 1. The van der Waals surface area contributed by atoms with E-state index < -0.39 is 5.60 Å². The van der Waals surface area contributed by atoms with Crippen LogP contribution in [0.15, 0.2) is 48.5 Å². The van der Waals surface area contributed by atoms with Crippen LogP contribution >= 0.6 is 0 Å². The number of likely N-dealkylation sites (tertiary alicyclic amines) is 1. The fraction of sp³-hybridized carbons (Fsp3) is 0.391. The number of aromatic nitrogens is 1. The van der Waals surface area contributed by atoms with Crippen molar-refractivity contribution in [3.63, 3.8) is 0 Å². The van der Waals surface area contributed by atoms with Crippen LogP contribution in [0.2, 0.25) is 0 Å². The molecular weight excluding hydrogens is 336 g/mol. The second kappa shape index (κ2) is 5.85. The lowest BCUT2D eigenvalue weighted by atomic mass is 9.56. The van der Waals surface area contributed by atoms with Crippen molar-refractivity contribution in [3.05, 3.63) is 65.4 Å². The third kappa shape index (κ3) is 2.36. The van der Waals surface area contributed by atoms with Crippen molar-refractivity contribution in [2.75, 3.05) is 27.2 Å². The predicted octanol–water partition coefficient (Wildman–Crippen LogP) is 3.28. The van der Waals surface area contributed by atoms with E-state index in [1.807, 2.05) is 12.1 Å². The van der Waals surface area contributed by atoms with Crippen molar-refractivity contribution in [2.45, 2.75) is 30.3 Å². The smallest absolute Gasteiger partial charge is 0.119 e. The Balaban J connectivity index is 1.72. The third-order valence-corrected chi connectivity index (χ3v) is 6.81. The molecule has 1 aromatic heterocycles. The maximum atomic E-state index is 12.1. The molecule has 2 unspecified atom stereocenters. The van der Waals surface area contributed by atoms with Crippen molar-refractivity contribution in [2.24, 2.45) is 0 Å². The standard InChI is InChI=1S/C23H26N2O2/c1-25-11-10-22(16-6-5-7-17(12-16)27-2)14-21-19(13-23(22,26)15-25)18-8-3-4-9-20(18)24-21/h3-9,12,24,26H,10-11,13-15H2,1-2H3. The first-order valence-corrected chi connectivity index (χ1v) is 9.69. The Morgan fingerprint density at radius 1 is 1.11 bits per heavy atom. The van der Waals surface area contributed by atoms with Crippen molar-refractivity contribution < 1.29 is 9.84 Å². The summed E-state index contributed by atoms with van der Waals surface area (Å²) in [6, 6.07) is 16.7. The number of ether oxygens (including phenoxy) is 1. The van der Waals surface area contributed by atoms with Gasteiger partial charge >= 0.3 is 0 Å². The van der Waals surface area contributed by atoms with Crippen LogP contribution in [0.4, 0.5) is 0 Å². The van der Waals surface area contributed by atoms with Crippen LogP contribution < -0.4 is 4.74 Å². The molecule has 140 valence electrons. The first-order chi connectivity index (χ1) is 13.0. The molecule has 2 heterocycles. The van der Waals surface area contributed by atoms with Gasteiger partial charge in [0.05, 0.1) is 12.7 Å². The van der Waals surface area contributed by atoms with Crippen molar-refractivity contribution >= 4 is 10.9 Å². The highest BCUT2D eigenvalue weighted by molar-refractivity contribution is 5.85. The predicted molar refractivity (Wildman–Crippen MR) is 107 cm³/mol. The Morgan fingerprint density at radius 2 is 1.96 bits per heavy atom. The highest BCUT2D eigenvalue weighted by Gasteiger charge is 2.57. The zero-order chi connectivity index (χ0) is 18.6. The molecule has 4 heteroatoms. The van der Waals surface area contributed by atoms with Gasteiger partial charge in [-0.05, 0) is 49.3 Å². The summed E-state index contributed by atoms with van der Waals surface area (Å²) in [4.78, 5) is 5.91. The average molecular weight is 362 g/mol. The molecule has 1 aliphatic heterocycles. The molecule has 3 aromatic rings. The maximum Gasteiger partial charge on any atom is 0.119 e. The molecule has 5 rings (SSSR count). The summed E-state index contributed by atoms with van der Waals surface area (Å²) in [5.74, 6) is 0.852. The molecule has 4 nitrogen and oxygen atoms in total. The molecule has 2 aromatic carbocycles. The molecule has 1 saturated heterocycles. The Morgan fingerprint density at radius 3 is 2.81 bits per heavy atom. The van der Waals surface area contributed by atoms with E-state index in [1.165, 1.54) is 27.7 Å². The number of fused-ring (bicyclic) bond motifs is 4. The molecule has 2 N–H and O–H groups in total. The Bertz CT molecular complexity index is 1010. The van der Waals surface area contributed by atoms with Gasteiger partial charge in [0.1, 0.15) is 5.75 Å². The van der Waals surface area contributed by atoms with Gasteiger partial charge in [-0.15, -0.1) is 0 Å². The monoisotopic (exact) mass is 362 g/mol. The molecule has 0 radical (unpaired) electrons. The minimum absolute atomic E-state index is 0.304. The SMILES string of the molecule is COc1cccc(C23CCN(C)CC2(O)Cc2c([nH]c4ccccc24)C3)c1. The molecule has 0 bridgehead atoms. The van der Waals surface area contributed by atoms with Crippen LogP contribution in [-0.2, 0) is 18.3 Å². The Labute approximate surface area is 159 Å². The number of hydrogen-bond donors (Lipinski definition) is 2. The number of piperidine rings is 1. The van der Waals surface area contributed by atoms with E-state index in [0.717, 1.165) is 25.1 Å². The van der Waals surface area contributed by atoms with Crippen LogP contribution in [-0.4, -0.2) is 47.8 Å². The lowest BCUT2D eigenvalue weighted by molar-refractivity contribution is -0.0972. The van der Waals surface area contributed by atoms with Gasteiger partial charge in [0.25, 0.3) is 0 Å². The number of methoxy groups -OCH3 is 1. The van der Waals surface area contributed by atoms with E-state index in [-0.39, 0.29) is 5.41 Å². The zero-order valence-corrected chi connectivity index (χ0v) is 16.0. The third-order valence-electron chi connectivity index (χ3n) is 6.81. The summed E-state index contributed by atoms with van der Waals surface area (Å²) >= 11 is 0. The van der Waals surface area contributed by atoms with E-state index in [4.69, 9.17) is 4.74 Å². The zero-order valence-electron chi connectivity index (χ0n) is 16.0. The molecule has 0 spiro atoms. The van der Waals surface area contributed by atoms with Crippen LogP contribution in [0.3, 0.4) is 0 Å². The van der Waals surface area contributed by atoms with Crippen molar-refractivity contribution in [3.8, 4) is 5.75 Å². The maximum absolute atomic E-state index is 12.1. The van der Waals surface area contributed by atoms with Gasteiger partial charge in [-0.3, -0.25) is 0 Å². The molecule has 2 atom stereocenters. The van der Waals surface area contributed by atoms with Gasteiger partial charge in [-0.1, -0.05) is 30.3 Å². The second-order valence-corrected chi connectivity index (χ2v) is 8.31. The van der Waals surface area contributed by atoms with E-state index >= 15 is 0 Å². The average Bonchev–Trinajstić information content (AvgIpc) is 3.02. The van der Waals surface area contributed by atoms with Gasteiger partial charge in [0.15, 0.2) is 0 Å². The van der Waals surface area contributed by atoms with E-state index in [1.54, 1.807) is 7.11 Å². The van der Waals surface area contributed by atoms with Crippen LogP contribution in [0.25, 0.3) is 10.9 Å². The number of nitrogens with one attached hydrogen (secondary N) is 1. The minimum atomic E-state index is -0.801. The van der Waals surface area contributed by atoms with Crippen LogP contribution in [0, 0.1) is 0 Å². The number of hydrogen-bond acceptors (Lipinski definition) is 3. The van der Waals surface area contributed by atoms with Crippen LogP contribution in [0.1, 0.15) is 23.2 Å². The van der Waals surface area contributed by atoms with Gasteiger partial charge in [-0.25, -0.2) is 0 Å². The minimum Gasteiger partial charge on any atom is -0.497 e. The molecular formula is C23H26N2O2. The number of H-pyrrole nitrogens is 1. The number of nitrogens with zero attached hydrogens (tertiary/aromatic N) is 1. The molecule has 0 saturated carbocycles. The number of β-amino-alcohol motifs (C(OH)–C–C–N with tert-alkyl or cyclic N) is 1. The lowest BCUT2D eigenvalue weighted by Gasteiger charge is -2.56. The molecule has 1 aliphatic carbocycles. The number of para-hydroxylation sites is 1. The highest BCUT2D eigenvalue weighted by atomic mass is 16.5. The normalized spacial score (nSPS) is 28.0. The topological polar surface area (TPSA) is 48.5 Å². The second-order valence-electron chi connectivity index (χ2n) is 8.31. The summed E-state index contributed by atoms with van der Waals surface area (Å²) in [6.07, 6.45) is 2.43. The van der Waals surface area contributed by atoms with E-state index in [2.05, 4.69) is 53.3 Å².